The summed E-state index contributed by atoms with van der Waals surface area (Å²) in [5, 5.41) is 2.81. The van der Waals surface area contributed by atoms with Crippen molar-refractivity contribution in [3.63, 3.8) is 0 Å². The third-order valence-corrected chi connectivity index (χ3v) is 6.22. The molecular weight excluding hydrogens is 428 g/mol. The van der Waals surface area contributed by atoms with Gasteiger partial charge in [-0.05, 0) is 68.7 Å². The summed E-state index contributed by atoms with van der Waals surface area (Å²) in [6.45, 7) is 6.50. The van der Waals surface area contributed by atoms with Gasteiger partial charge in [0.15, 0.2) is 0 Å². The Hall–Kier alpha value is -3.28. The van der Waals surface area contributed by atoms with Gasteiger partial charge in [-0.2, -0.15) is 0 Å². The molecule has 2 unspecified atom stereocenters. The summed E-state index contributed by atoms with van der Waals surface area (Å²) in [5.74, 6) is 0. The number of ether oxygens (including phenoxy) is 2. The summed E-state index contributed by atoms with van der Waals surface area (Å²) in [6, 6.07) is 18.4. The number of fused-ring (bicyclic) bond motifs is 2. The van der Waals surface area contributed by atoms with E-state index in [1.807, 2.05) is 56.0 Å². The first-order chi connectivity index (χ1) is 16.3. The minimum Gasteiger partial charge on any atom is -0.445 e. The van der Waals surface area contributed by atoms with Gasteiger partial charge < -0.3 is 14.8 Å². The van der Waals surface area contributed by atoms with Gasteiger partial charge in [0.2, 0.25) is 0 Å². The summed E-state index contributed by atoms with van der Waals surface area (Å²) in [5.41, 5.74) is 4.13. The molecule has 0 aromatic heterocycles. The van der Waals surface area contributed by atoms with Crippen molar-refractivity contribution in [1.29, 1.82) is 0 Å². The molecule has 34 heavy (non-hydrogen) atoms. The Kier molecular flexibility index (Phi) is 7.25. The maximum Gasteiger partial charge on any atom is 0.411 e. The maximum absolute atomic E-state index is 12.7. The molecular formula is C28H34N2O4. The lowest BCUT2D eigenvalue weighted by molar-refractivity contribution is 0.0175. The summed E-state index contributed by atoms with van der Waals surface area (Å²) >= 11 is 0. The van der Waals surface area contributed by atoms with Crippen molar-refractivity contribution in [2.75, 3.05) is 6.54 Å². The highest BCUT2D eigenvalue weighted by molar-refractivity contribution is 5.75. The minimum atomic E-state index is -0.482. The van der Waals surface area contributed by atoms with Crippen LogP contribution in [0.15, 0.2) is 60.7 Å². The summed E-state index contributed by atoms with van der Waals surface area (Å²) < 4.78 is 10.9. The van der Waals surface area contributed by atoms with Gasteiger partial charge in [-0.25, -0.2) is 9.59 Å². The Labute approximate surface area is 201 Å². The van der Waals surface area contributed by atoms with Gasteiger partial charge in [0.05, 0.1) is 6.04 Å². The number of carbonyl (C=O) groups excluding carboxylic acids is 2. The van der Waals surface area contributed by atoms with Crippen LogP contribution in [0.2, 0.25) is 0 Å². The lowest BCUT2D eigenvalue weighted by Crippen LogP contribution is -2.45. The van der Waals surface area contributed by atoms with Crippen LogP contribution in [0.3, 0.4) is 0 Å². The number of hydrogen-bond donors (Lipinski definition) is 1. The van der Waals surface area contributed by atoms with Crippen molar-refractivity contribution in [2.45, 2.75) is 70.7 Å². The van der Waals surface area contributed by atoms with Crippen LogP contribution in [-0.4, -0.2) is 41.3 Å². The third kappa shape index (κ3) is 6.19. The number of amides is 2. The monoisotopic (exact) mass is 462 g/mol. The van der Waals surface area contributed by atoms with Gasteiger partial charge in [0.25, 0.3) is 0 Å². The van der Waals surface area contributed by atoms with Crippen LogP contribution < -0.4 is 5.32 Å². The van der Waals surface area contributed by atoms with Crippen LogP contribution in [0.5, 0.6) is 0 Å². The van der Waals surface area contributed by atoms with Gasteiger partial charge in [-0.15, -0.1) is 0 Å². The topological polar surface area (TPSA) is 67.9 Å². The fraction of sp³-hybridized carbons (Fsp3) is 0.429. The lowest BCUT2D eigenvalue weighted by atomic mass is 9.94. The summed E-state index contributed by atoms with van der Waals surface area (Å²) in [7, 11) is 0. The van der Waals surface area contributed by atoms with Crippen LogP contribution in [0.1, 0.15) is 56.7 Å². The first-order valence-electron chi connectivity index (χ1n) is 12.0. The molecule has 0 saturated carbocycles. The Morgan fingerprint density at radius 2 is 1.74 bits per heavy atom. The van der Waals surface area contributed by atoms with Crippen molar-refractivity contribution in [1.82, 2.24) is 10.2 Å². The molecule has 2 bridgehead atoms. The minimum absolute atomic E-state index is 0.106. The van der Waals surface area contributed by atoms with E-state index in [-0.39, 0.29) is 24.8 Å². The van der Waals surface area contributed by atoms with Crippen molar-refractivity contribution in [2.24, 2.45) is 0 Å². The molecule has 2 aliphatic rings. The van der Waals surface area contributed by atoms with Crippen LogP contribution in [0.25, 0.3) is 5.57 Å². The number of nitrogens with zero attached hydrogens (tertiary/aromatic N) is 1. The van der Waals surface area contributed by atoms with Crippen LogP contribution in [0.4, 0.5) is 9.59 Å². The van der Waals surface area contributed by atoms with Crippen molar-refractivity contribution in [3.8, 4) is 0 Å². The predicted octanol–water partition coefficient (Wildman–Crippen LogP) is 5.71. The molecule has 1 N–H and O–H groups in total. The molecule has 2 aromatic rings. The molecule has 6 nitrogen and oxygen atoms in total. The molecule has 2 atom stereocenters. The van der Waals surface area contributed by atoms with Gasteiger partial charge in [-0.1, -0.05) is 60.7 Å². The predicted molar refractivity (Wildman–Crippen MR) is 132 cm³/mol. The van der Waals surface area contributed by atoms with Crippen molar-refractivity contribution < 1.29 is 19.1 Å². The Bertz CT molecular complexity index is 1020. The van der Waals surface area contributed by atoms with Crippen LogP contribution in [0, 0.1) is 0 Å². The molecule has 2 aromatic carbocycles. The van der Waals surface area contributed by atoms with E-state index in [1.165, 1.54) is 11.1 Å². The van der Waals surface area contributed by atoms with E-state index in [0.717, 1.165) is 36.8 Å². The maximum atomic E-state index is 12.7. The SMILES string of the molecule is CC(C)(C)OC(=O)N1C2C=C(c3ccc(CCNC(=O)OCc4ccccc4)cc3)CC1CC2. The molecule has 2 amide bonds. The number of benzene rings is 2. The van der Waals surface area contributed by atoms with E-state index in [1.54, 1.807) is 0 Å². The highest BCUT2D eigenvalue weighted by Crippen LogP contribution is 2.39. The fourth-order valence-corrected chi connectivity index (χ4v) is 4.61. The number of nitrogens with one attached hydrogen (secondary N) is 1. The molecule has 0 spiro atoms. The van der Waals surface area contributed by atoms with E-state index in [9.17, 15) is 9.59 Å². The Morgan fingerprint density at radius 3 is 2.41 bits per heavy atom. The summed E-state index contributed by atoms with van der Waals surface area (Å²) in [6.07, 6.45) is 5.19. The van der Waals surface area contributed by atoms with E-state index >= 15 is 0 Å². The van der Waals surface area contributed by atoms with E-state index in [2.05, 4.69) is 35.7 Å². The molecule has 0 aliphatic carbocycles. The zero-order valence-electron chi connectivity index (χ0n) is 20.3. The first kappa shape index (κ1) is 23.9. The van der Waals surface area contributed by atoms with Gasteiger partial charge in [-0.3, -0.25) is 4.90 Å². The second-order valence-electron chi connectivity index (χ2n) is 10.0. The van der Waals surface area contributed by atoms with Gasteiger partial charge in [0.1, 0.15) is 12.2 Å². The average Bonchev–Trinajstić information content (AvgIpc) is 3.07. The van der Waals surface area contributed by atoms with Crippen molar-refractivity contribution in [3.05, 3.63) is 77.4 Å². The second kappa shape index (κ2) is 10.3. The molecule has 2 aliphatic heterocycles. The van der Waals surface area contributed by atoms with Gasteiger partial charge >= 0.3 is 12.2 Å². The molecule has 0 radical (unpaired) electrons. The standard InChI is InChI=1S/C28H34N2O4/c1-28(2,3)34-27(32)30-24-13-14-25(30)18-23(17-24)22-11-9-20(10-12-22)15-16-29-26(31)33-19-21-7-5-4-6-8-21/h4-12,17,24-25H,13-16,18-19H2,1-3H3,(H,29,31). The smallest absolute Gasteiger partial charge is 0.411 e. The number of alkyl carbamates (subject to hydrolysis) is 1. The number of rotatable bonds is 6. The summed E-state index contributed by atoms with van der Waals surface area (Å²) in [4.78, 5) is 26.5. The Balaban J connectivity index is 1.26. The highest BCUT2D eigenvalue weighted by Gasteiger charge is 2.41. The van der Waals surface area contributed by atoms with Crippen LogP contribution in [-0.2, 0) is 22.5 Å². The molecule has 6 heteroatoms. The molecule has 2 heterocycles. The third-order valence-electron chi connectivity index (χ3n) is 6.22. The second-order valence-corrected chi connectivity index (χ2v) is 10.0. The normalized spacial score (nSPS) is 19.4. The van der Waals surface area contributed by atoms with Crippen molar-refractivity contribution >= 4 is 17.8 Å². The van der Waals surface area contributed by atoms with E-state index in [0.29, 0.717) is 6.54 Å². The molecule has 4 rings (SSSR count). The Morgan fingerprint density at radius 1 is 1.00 bits per heavy atom. The van der Waals surface area contributed by atoms with Crippen LogP contribution >= 0.6 is 0 Å². The lowest BCUT2D eigenvalue weighted by Gasteiger charge is -2.35. The zero-order valence-corrected chi connectivity index (χ0v) is 20.3. The van der Waals surface area contributed by atoms with E-state index < -0.39 is 11.7 Å². The number of carbonyl (C=O) groups is 2. The first-order valence-corrected chi connectivity index (χ1v) is 12.0. The highest BCUT2D eigenvalue weighted by atomic mass is 16.6. The zero-order chi connectivity index (χ0) is 24.1. The van der Waals surface area contributed by atoms with E-state index in [4.69, 9.17) is 9.47 Å². The largest absolute Gasteiger partial charge is 0.445 e. The molecule has 1 saturated heterocycles. The average molecular weight is 463 g/mol. The quantitative estimate of drug-likeness (QED) is 0.597. The molecule has 180 valence electrons. The fourth-order valence-electron chi connectivity index (χ4n) is 4.61. The van der Waals surface area contributed by atoms with Gasteiger partial charge in [0, 0.05) is 12.6 Å². The number of hydrogen-bond acceptors (Lipinski definition) is 4. The molecule has 1 fully saturated rings.